The maximum absolute atomic E-state index is 12.3. The van der Waals surface area contributed by atoms with Gasteiger partial charge in [0, 0.05) is 25.2 Å². The lowest BCUT2D eigenvalue weighted by Crippen LogP contribution is -2.50. The van der Waals surface area contributed by atoms with Crippen molar-refractivity contribution in [3.05, 3.63) is 23.8 Å². The topological polar surface area (TPSA) is 71.8 Å². The van der Waals surface area contributed by atoms with Crippen LogP contribution in [0.2, 0.25) is 0 Å². The number of aromatic nitrogens is 3. The zero-order valence-electron chi connectivity index (χ0n) is 12.2. The Morgan fingerprint density at radius 1 is 1.48 bits per heavy atom. The molecule has 0 radical (unpaired) electrons. The highest BCUT2D eigenvalue weighted by Gasteiger charge is 2.23. The fourth-order valence-electron chi connectivity index (χ4n) is 2.62. The largest absolute Gasteiger partial charge is 0.348 e. The number of rotatable bonds is 2. The van der Waals surface area contributed by atoms with Gasteiger partial charge in [-0.2, -0.15) is 0 Å². The highest BCUT2D eigenvalue weighted by atomic mass is 35.5. The van der Waals surface area contributed by atoms with Gasteiger partial charge in [0.2, 0.25) is 0 Å². The minimum absolute atomic E-state index is 0. The first kappa shape index (κ1) is 15.7. The smallest absolute Gasteiger partial charge is 0.251 e. The number of nitrogens with zero attached hydrogens (tertiary/aromatic N) is 3. The number of piperidine rings is 1. The molecule has 1 amide bonds. The van der Waals surface area contributed by atoms with Gasteiger partial charge >= 0.3 is 0 Å². The normalized spacial score (nSPS) is 21.8. The number of hydrogen-bond donors (Lipinski definition) is 2. The van der Waals surface area contributed by atoms with E-state index in [0.29, 0.717) is 11.5 Å². The number of carbonyl (C=O) groups is 1. The summed E-state index contributed by atoms with van der Waals surface area (Å²) in [6, 6.07) is 5.68. The van der Waals surface area contributed by atoms with Crippen molar-refractivity contribution < 1.29 is 4.79 Å². The highest BCUT2D eigenvalue weighted by molar-refractivity contribution is 5.97. The molecule has 3 rings (SSSR count). The third kappa shape index (κ3) is 3.16. The molecule has 0 aliphatic carbocycles. The summed E-state index contributed by atoms with van der Waals surface area (Å²) in [6.07, 6.45) is 1.09. The van der Waals surface area contributed by atoms with Crippen molar-refractivity contribution in [2.45, 2.75) is 19.4 Å². The van der Waals surface area contributed by atoms with Gasteiger partial charge in [0.25, 0.3) is 5.91 Å². The second kappa shape index (κ2) is 6.41. The Bertz CT molecular complexity index is 641. The molecule has 2 N–H and O–H groups in total. The molecule has 7 heteroatoms. The van der Waals surface area contributed by atoms with E-state index in [-0.39, 0.29) is 24.4 Å². The summed E-state index contributed by atoms with van der Waals surface area (Å²) in [6.45, 7) is 4.04. The van der Waals surface area contributed by atoms with E-state index in [2.05, 4.69) is 27.9 Å². The molecule has 1 aliphatic heterocycles. The molecule has 0 spiro atoms. The molecule has 1 fully saturated rings. The van der Waals surface area contributed by atoms with Crippen LogP contribution in [0.1, 0.15) is 23.7 Å². The first-order valence-electron chi connectivity index (χ1n) is 6.96. The van der Waals surface area contributed by atoms with E-state index < -0.39 is 0 Å². The van der Waals surface area contributed by atoms with Gasteiger partial charge in [0.1, 0.15) is 5.52 Å². The van der Waals surface area contributed by atoms with Gasteiger partial charge in [0.15, 0.2) is 0 Å². The van der Waals surface area contributed by atoms with Crippen molar-refractivity contribution in [3.63, 3.8) is 0 Å². The number of benzene rings is 1. The second-order valence-electron chi connectivity index (χ2n) is 5.47. The lowest BCUT2D eigenvalue weighted by Gasteiger charge is -2.30. The van der Waals surface area contributed by atoms with Gasteiger partial charge in [-0.1, -0.05) is 12.1 Å². The van der Waals surface area contributed by atoms with Gasteiger partial charge in [-0.3, -0.25) is 4.79 Å². The summed E-state index contributed by atoms with van der Waals surface area (Å²) in [5, 5.41) is 14.4. The minimum atomic E-state index is -0.0434. The predicted molar refractivity (Wildman–Crippen MR) is 83.7 cm³/mol. The predicted octanol–water partition coefficient (Wildman–Crippen LogP) is 1.12. The molecule has 1 saturated heterocycles. The average Bonchev–Trinajstić information content (AvgIpc) is 2.82. The van der Waals surface area contributed by atoms with Crippen LogP contribution >= 0.6 is 12.4 Å². The summed E-state index contributed by atoms with van der Waals surface area (Å²) in [7, 11) is 1.84. The van der Waals surface area contributed by atoms with Crippen LogP contribution in [0.3, 0.4) is 0 Å². The van der Waals surface area contributed by atoms with Gasteiger partial charge < -0.3 is 10.6 Å². The van der Waals surface area contributed by atoms with Crippen molar-refractivity contribution in [2.75, 3.05) is 13.1 Å². The standard InChI is InChI=1S/C14H19N5O.ClH/c1-9-5-6-15-8-12(9)16-14(20)10-3-4-13-11(7-10)17-18-19(13)2;/h3-4,7,9,12,15H,5-6,8H2,1-2H3,(H,16,20);1H. The number of amides is 1. The number of fused-ring (bicyclic) bond motifs is 1. The van der Waals surface area contributed by atoms with Crippen LogP contribution < -0.4 is 10.6 Å². The molecule has 2 heterocycles. The van der Waals surface area contributed by atoms with Crippen LogP contribution in [-0.4, -0.2) is 40.0 Å². The first-order chi connectivity index (χ1) is 9.65. The Morgan fingerprint density at radius 2 is 2.29 bits per heavy atom. The summed E-state index contributed by atoms with van der Waals surface area (Å²) < 4.78 is 1.70. The van der Waals surface area contributed by atoms with E-state index >= 15 is 0 Å². The maximum atomic E-state index is 12.3. The fraction of sp³-hybridized carbons (Fsp3) is 0.500. The Labute approximate surface area is 129 Å². The van der Waals surface area contributed by atoms with E-state index in [1.165, 1.54) is 0 Å². The van der Waals surface area contributed by atoms with Crippen molar-refractivity contribution in [2.24, 2.45) is 13.0 Å². The average molecular weight is 310 g/mol. The molecule has 1 aromatic heterocycles. The lowest BCUT2D eigenvalue weighted by molar-refractivity contribution is 0.0915. The minimum Gasteiger partial charge on any atom is -0.348 e. The van der Waals surface area contributed by atoms with Gasteiger partial charge in [-0.25, -0.2) is 4.68 Å². The molecule has 2 unspecified atom stereocenters. The number of carbonyl (C=O) groups excluding carboxylic acids is 1. The van der Waals surface area contributed by atoms with E-state index in [4.69, 9.17) is 0 Å². The molecule has 0 saturated carbocycles. The fourth-order valence-corrected chi connectivity index (χ4v) is 2.62. The molecule has 6 nitrogen and oxygen atoms in total. The quantitative estimate of drug-likeness (QED) is 0.872. The van der Waals surface area contributed by atoms with E-state index in [1.807, 2.05) is 19.2 Å². The number of nitrogens with one attached hydrogen (secondary N) is 2. The van der Waals surface area contributed by atoms with Crippen molar-refractivity contribution >= 4 is 29.3 Å². The van der Waals surface area contributed by atoms with Gasteiger partial charge in [0.05, 0.1) is 5.52 Å². The van der Waals surface area contributed by atoms with Crippen LogP contribution in [0.4, 0.5) is 0 Å². The number of hydrogen-bond acceptors (Lipinski definition) is 4. The van der Waals surface area contributed by atoms with Crippen LogP contribution in [0.25, 0.3) is 11.0 Å². The molecule has 21 heavy (non-hydrogen) atoms. The van der Waals surface area contributed by atoms with E-state index in [1.54, 1.807) is 10.7 Å². The summed E-state index contributed by atoms with van der Waals surface area (Å²) in [5.74, 6) is 0.457. The second-order valence-corrected chi connectivity index (χ2v) is 5.47. The molecule has 1 aromatic carbocycles. The zero-order chi connectivity index (χ0) is 14.1. The Morgan fingerprint density at radius 3 is 3.05 bits per heavy atom. The molecule has 2 atom stereocenters. The Hall–Kier alpha value is -1.66. The number of aryl methyl sites for hydroxylation is 1. The third-order valence-corrected chi connectivity index (χ3v) is 4.02. The molecule has 2 aromatic rings. The summed E-state index contributed by atoms with van der Waals surface area (Å²) in [5.41, 5.74) is 2.31. The van der Waals surface area contributed by atoms with Crippen molar-refractivity contribution in [3.8, 4) is 0 Å². The summed E-state index contributed by atoms with van der Waals surface area (Å²) in [4.78, 5) is 12.3. The molecule has 0 bridgehead atoms. The van der Waals surface area contributed by atoms with Crippen molar-refractivity contribution in [1.29, 1.82) is 0 Å². The third-order valence-electron chi connectivity index (χ3n) is 4.02. The molecular formula is C14H20ClN5O. The van der Waals surface area contributed by atoms with Crippen LogP contribution in [0.5, 0.6) is 0 Å². The highest BCUT2D eigenvalue weighted by Crippen LogP contribution is 2.15. The SMILES string of the molecule is CC1CCNCC1NC(=O)c1ccc2c(c1)nnn2C.Cl. The van der Waals surface area contributed by atoms with Crippen LogP contribution in [0, 0.1) is 5.92 Å². The van der Waals surface area contributed by atoms with Crippen molar-refractivity contribution in [1.82, 2.24) is 25.6 Å². The lowest BCUT2D eigenvalue weighted by atomic mass is 9.94. The van der Waals surface area contributed by atoms with E-state index in [9.17, 15) is 4.79 Å². The first-order valence-corrected chi connectivity index (χ1v) is 6.96. The van der Waals surface area contributed by atoms with Crippen LogP contribution in [-0.2, 0) is 7.05 Å². The Kier molecular flexibility index (Phi) is 4.80. The monoisotopic (exact) mass is 309 g/mol. The molecule has 1 aliphatic rings. The Balaban J connectivity index is 0.00000161. The van der Waals surface area contributed by atoms with E-state index in [0.717, 1.165) is 30.5 Å². The maximum Gasteiger partial charge on any atom is 0.251 e. The van der Waals surface area contributed by atoms with Gasteiger partial charge in [-0.15, -0.1) is 17.5 Å². The molecular weight excluding hydrogens is 290 g/mol. The van der Waals surface area contributed by atoms with Gasteiger partial charge in [-0.05, 0) is 37.1 Å². The number of halogens is 1. The molecule has 114 valence electrons. The summed E-state index contributed by atoms with van der Waals surface area (Å²) >= 11 is 0. The zero-order valence-corrected chi connectivity index (χ0v) is 13.0. The van der Waals surface area contributed by atoms with Crippen LogP contribution in [0.15, 0.2) is 18.2 Å².